The van der Waals surface area contributed by atoms with Crippen molar-refractivity contribution in [2.24, 2.45) is 58.0 Å². The first-order valence-corrected chi connectivity index (χ1v) is 18.2. The minimum absolute atomic E-state index is 0.0734. The first kappa shape index (κ1) is 33.7. The molecule has 0 heterocycles. The van der Waals surface area contributed by atoms with Crippen LogP contribution in [0.1, 0.15) is 125 Å². The van der Waals surface area contributed by atoms with E-state index < -0.39 is 0 Å². The van der Waals surface area contributed by atoms with Crippen LogP contribution in [-0.4, -0.2) is 56.5 Å². The summed E-state index contributed by atoms with van der Waals surface area (Å²) in [5.74, 6) is 5.84. The van der Waals surface area contributed by atoms with E-state index in [2.05, 4.69) is 50.6 Å². The summed E-state index contributed by atoms with van der Waals surface area (Å²) in [5, 5.41) is 22.0. The molecule has 0 radical (unpaired) electrons. The predicted octanol–water partition coefficient (Wildman–Crippen LogP) is 6.34. The van der Waals surface area contributed by atoms with Gasteiger partial charge in [0, 0.05) is 6.04 Å². The van der Waals surface area contributed by atoms with Crippen LogP contribution >= 0.6 is 0 Å². The van der Waals surface area contributed by atoms with Gasteiger partial charge < -0.3 is 26.8 Å². The van der Waals surface area contributed by atoms with E-state index in [4.69, 9.17) is 5.73 Å². The Morgan fingerprint density at radius 1 is 0.756 bits per heavy atom. The van der Waals surface area contributed by atoms with Crippen LogP contribution in [0.4, 0.5) is 0 Å². The first-order valence-electron chi connectivity index (χ1n) is 18.2. The SMILES string of the molecule is CC(C)CCC[C@@H](C)[C@H]1CCC2C3C(CC[C@@]21C)[C@@]1(C)CC[C@H](O)CC1C[C@@H]3NCCCNCCCNCCCN. The van der Waals surface area contributed by atoms with E-state index in [1.165, 1.54) is 70.6 Å². The van der Waals surface area contributed by atoms with Crippen molar-refractivity contribution in [2.45, 2.75) is 137 Å². The Balaban J connectivity index is 1.35. The number of rotatable bonds is 17. The Hall–Kier alpha value is -0.200. The average Bonchev–Trinajstić information content (AvgIpc) is 3.29. The third kappa shape index (κ3) is 8.10. The number of fused-ring (bicyclic) bond motifs is 5. The maximum Gasteiger partial charge on any atom is 0.0543 e. The van der Waals surface area contributed by atoms with Gasteiger partial charge in [0.05, 0.1) is 6.10 Å². The maximum atomic E-state index is 10.7. The van der Waals surface area contributed by atoms with Crippen LogP contribution in [0.25, 0.3) is 0 Å². The van der Waals surface area contributed by atoms with E-state index in [1.807, 2.05) is 0 Å². The Bertz CT molecular complexity index is 762. The smallest absolute Gasteiger partial charge is 0.0543 e. The molecular weight excluding hydrogens is 504 g/mol. The molecule has 0 spiro atoms. The van der Waals surface area contributed by atoms with Gasteiger partial charge in [-0.3, -0.25) is 0 Å². The van der Waals surface area contributed by atoms with Gasteiger partial charge in [0.1, 0.15) is 0 Å². The molecule has 0 aromatic heterocycles. The molecule has 41 heavy (non-hydrogen) atoms. The number of nitrogens with two attached hydrogens (primary N) is 1. The van der Waals surface area contributed by atoms with Gasteiger partial charge in [-0.2, -0.15) is 0 Å². The van der Waals surface area contributed by atoms with Crippen LogP contribution in [0.3, 0.4) is 0 Å². The highest BCUT2D eigenvalue weighted by Gasteiger charge is 2.62. The molecule has 4 unspecified atom stereocenters. The molecule has 4 fully saturated rings. The van der Waals surface area contributed by atoms with Crippen molar-refractivity contribution in [3.05, 3.63) is 0 Å². The first-order chi connectivity index (χ1) is 19.7. The van der Waals surface area contributed by atoms with Gasteiger partial charge in [-0.1, -0.05) is 53.9 Å². The fourth-order valence-electron chi connectivity index (χ4n) is 10.8. The molecule has 240 valence electrons. The zero-order valence-corrected chi connectivity index (χ0v) is 27.9. The highest BCUT2D eigenvalue weighted by atomic mass is 16.3. The van der Waals surface area contributed by atoms with Crippen LogP contribution < -0.4 is 21.7 Å². The summed E-state index contributed by atoms with van der Waals surface area (Å²) in [6.07, 6.45) is 18.0. The van der Waals surface area contributed by atoms with Crippen molar-refractivity contribution in [2.75, 3.05) is 39.3 Å². The van der Waals surface area contributed by atoms with Crippen LogP contribution in [0.2, 0.25) is 0 Å². The van der Waals surface area contributed by atoms with Crippen LogP contribution in [0.15, 0.2) is 0 Å². The van der Waals surface area contributed by atoms with Crippen molar-refractivity contribution in [1.29, 1.82) is 0 Å². The second kappa shape index (κ2) is 15.7. The van der Waals surface area contributed by atoms with Gasteiger partial charge in [0.15, 0.2) is 0 Å². The van der Waals surface area contributed by atoms with Crippen molar-refractivity contribution in [3.63, 3.8) is 0 Å². The molecule has 5 nitrogen and oxygen atoms in total. The molecule has 0 amide bonds. The lowest BCUT2D eigenvalue weighted by molar-refractivity contribution is -0.142. The lowest BCUT2D eigenvalue weighted by Gasteiger charge is -2.63. The lowest BCUT2D eigenvalue weighted by Crippen LogP contribution is -2.61. The van der Waals surface area contributed by atoms with Crippen LogP contribution in [0, 0.1) is 52.3 Å². The van der Waals surface area contributed by atoms with E-state index in [1.54, 1.807) is 0 Å². The Morgan fingerprint density at radius 3 is 2.12 bits per heavy atom. The third-order valence-corrected chi connectivity index (χ3v) is 13.1. The monoisotopic (exact) mass is 575 g/mol. The van der Waals surface area contributed by atoms with Crippen molar-refractivity contribution < 1.29 is 5.11 Å². The van der Waals surface area contributed by atoms with Crippen molar-refractivity contribution >= 4 is 0 Å². The quantitative estimate of drug-likeness (QED) is 0.131. The normalized spacial score (nSPS) is 39.4. The molecular formula is C36H70N4O. The standard InChI is InChI=1S/C36H70N4O/c1-26(2)10-6-11-27(3)30-12-13-31-34-32(15-17-36(30,31)5)35(4)16-14-29(41)24-28(35)25-33(34)40-23-9-22-39-21-8-20-38-19-7-18-37/h26-34,38-41H,6-25,37H2,1-5H3/t27-,28?,29+,30-,31?,32?,33+,34?,35+,36-/m1/s1. The predicted molar refractivity (Wildman–Crippen MR) is 175 cm³/mol. The number of hydrogen-bond acceptors (Lipinski definition) is 5. The average molecular weight is 575 g/mol. The summed E-state index contributed by atoms with van der Waals surface area (Å²) in [7, 11) is 0. The zero-order valence-electron chi connectivity index (χ0n) is 27.9. The maximum absolute atomic E-state index is 10.7. The fraction of sp³-hybridized carbons (Fsp3) is 1.00. The Kier molecular flexibility index (Phi) is 12.9. The van der Waals surface area contributed by atoms with Crippen molar-refractivity contribution in [1.82, 2.24) is 16.0 Å². The van der Waals surface area contributed by atoms with Gasteiger partial charge in [-0.25, -0.2) is 0 Å². The molecule has 4 rings (SSSR count). The second-order valence-corrected chi connectivity index (χ2v) is 16.1. The molecule has 6 N–H and O–H groups in total. The van der Waals surface area contributed by atoms with Crippen molar-refractivity contribution in [3.8, 4) is 0 Å². The number of nitrogens with one attached hydrogen (secondary N) is 3. The number of hydrogen-bond donors (Lipinski definition) is 5. The minimum atomic E-state index is -0.0734. The highest BCUT2D eigenvalue weighted by molar-refractivity contribution is 5.13. The van der Waals surface area contributed by atoms with Crippen LogP contribution in [0.5, 0.6) is 0 Å². The van der Waals surface area contributed by atoms with Gasteiger partial charge in [-0.15, -0.1) is 0 Å². The Morgan fingerprint density at radius 2 is 1.41 bits per heavy atom. The molecule has 0 aliphatic heterocycles. The largest absolute Gasteiger partial charge is 0.393 e. The summed E-state index contributed by atoms with van der Waals surface area (Å²) in [6, 6.07) is 0.634. The molecule has 4 saturated carbocycles. The van der Waals surface area contributed by atoms with Gasteiger partial charge in [0.25, 0.3) is 0 Å². The summed E-state index contributed by atoms with van der Waals surface area (Å²) in [5.41, 5.74) is 6.53. The van der Waals surface area contributed by atoms with Gasteiger partial charge >= 0.3 is 0 Å². The van der Waals surface area contributed by atoms with E-state index in [9.17, 15) is 5.11 Å². The summed E-state index contributed by atoms with van der Waals surface area (Å²) < 4.78 is 0. The number of aliphatic hydroxyl groups excluding tert-OH is 1. The van der Waals surface area contributed by atoms with Gasteiger partial charge in [-0.05, 0) is 162 Å². The van der Waals surface area contributed by atoms with Gasteiger partial charge in [0.2, 0.25) is 0 Å². The molecule has 0 saturated heterocycles. The molecule has 0 aromatic rings. The molecule has 10 atom stereocenters. The van der Waals surface area contributed by atoms with E-state index in [-0.39, 0.29) is 6.10 Å². The topological polar surface area (TPSA) is 82.3 Å². The Labute approximate surface area is 254 Å². The van der Waals surface area contributed by atoms with Crippen LogP contribution in [-0.2, 0) is 0 Å². The second-order valence-electron chi connectivity index (χ2n) is 16.1. The highest BCUT2D eigenvalue weighted by Crippen LogP contribution is 2.68. The van der Waals surface area contributed by atoms with E-state index >= 15 is 0 Å². The summed E-state index contributed by atoms with van der Waals surface area (Å²) >= 11 is 0. The molecule has 0 bridgehead atoms. The van der Waals surface area contributed by atoms with E-state index in [0.717, 1.165) is 94.0 Å². The lowest BCUT2D eigenvalue weighted by atomic mass is 9.43. The summed E-state index contributed by atoms with van der Waals surface area (Å²) in [4.78, 5) is 0. The third-order valence-electron chi connectivity index (χ3n) is 13.1. The fourth-order valence-corrected chi connectivity index (χ4v) is 10.8. The molecule has 5 heteroatoms. The minimum Gasteiger partial charge on any atom is -0.393 e. The van der Waals surface area contributed by atoms with E-state index in [0.29, 0.717) is 22.8 Å². The molecule has 0 aromatic carbocycles. The number of aliphatic hydroxyl groups is 1. The summed E-state index contributed by atoms with van der Waals surface area (Å²) in [6.45, 7) is 19.0. The zero-order chi connectivity index (χ0) is 29.5. The molecule has 4 aliphatic rings. The molecule has 4 aliphatic carbocycles.